The maximum atomic E-state index is 6.18. The molecule has 0 rings (SSSR count). The third-order valence-electron chi connectivity index (χ3n) is 7.84. The molecule has 0 spiro atoms. The number of nitrogens with zero attached hydrogens (tertiary/aromatic N) is 2. The van der Waals surface area contributed by atoms with Crippen molar-refractivity contribution in [1.82, 2.24) is 9.80 Å². The van der Waals surface area contributed by atoms with Crippen molar-refractivity contribution in [2.75, 3.05) is 52.5 Å². The summed E-state index contributed by atoms with van der Waals surface area (Å²) in [6.45, 7) is 36.9. The van der Waals surface area contributed by atoms with Gasteiger partial charge in [-0.15, -0.1) is 0 Å². The summed E-state index contributed by atoms with van der Waals surface area (Å²) in [6, 6.07) is 0. The molecule has 0 fully saturated rings. The Labute approximate surface area is 197 Å². The van der Waals surface area contributed by atoms with Gasteiger partial charge in [0.05, 0.1) is 13.2 Å². The van der Waals surface area contributed by atoms with Crippen molar-refractivity contribution in [3.63, 3.8) is 0 Å². The van der Waals surface area contributed by atoms with Crippen LogP contribution in [-0.4, -0.2) is 62.3 Å². The molecule has 0 radical (unpaired) electrons. The van der Waals surface area contributed by atoms with Gasteiger partial charge in [0, 0.05) is 39.3 Å². The quantitative estimate of drug-likeness (QED) is 0.219. The minimum absolute atomic E-state index is 0.727. The zero-order valence-corrected chi connectivity index (χ0v) is 23.6. The largest absolute Gasteiger partial charge is 0.379 e. The lowest BCUT2D eigenvalue weighted by Gasteiger charge is -2.32. The average Bonchev–Trinajstić information content (AvgIpc) is 2.66. The minimum Gasteiger partial charge on any atom is -0.379 e. The van der Waals surface area contributed by atoms with Crippen molar-refractivity contribution < 1.29 is 4.74 Å². The van der Waals surface area contributed by atoms with E-state index in [-0.39, 0.29) is 0 Å². The topological polar surface area (TPSA) is 15.7 Å². The van der Waals surface area contributed by atoms with Crippen molar-refractivity contribution in [2.45, 2.75) is 83.1 Å². The van der Waals surface area contributed by atoms with E-state index >= 15 is 0 Å². The van der Waals surface area contributed by atoms with Crippen LogP contribution in [0.5, 0.6) is 0 Å². The van der Waals surface area contributed by atoms with Crippen LogP contribution in [0.4, 0.5) is 0 Å². The van der Waals surface area contributed by atoms with E-state index in [4.69, 9.17) is 4.74 Å². The highest BCUT2D eigenvalue weighted by Crippen LogP contribution is 2.17. The van der Waals surface area contributed by atoms with Crippen molar-refractivity contribution >= 4 is 0 Å². The Hall–Kier alpha value is -0.120. The molecule has 0 heterocycles. The second kappa shape index (κ2) is 16.5. The summed E-state index contributed by atoms with van der Waals surface area (Å²) in [5, 5.41) is 0. The predicted molar refractivity (Wildman–Crippen MR) is 140 cm³/mol. The molecule has 188 valence electrons. The Bertz CT molecular complexity index is 351. The summed E-state index contributed by atoms with van der Waals surface area (Å²) >= 11 is 0. The highest BCUT2D eigenvalue weighted by atomic mass is 16.5. The number of ether oxygens (including phenoxy) is 1. The third kappa shape index (κ3) is 14.6. The number of hydrogen-bond acceptors (Lipinski definition) is 3. The molecule has 0 aromatic heterocycles. The second-order valence-corrected chi connectivity index (χ2v) is 12.0. The van der Waals surface area contributed by atoms with Gasteiger partial charge in [0.15, 0.2) is 0 Å². The van der Waals surface area contributed by atoms with Gasteiger partial charge in [-0.25, -0.2) is 0 Å². The smallest absolute Gasteiger partial charge is 0.0594 e. The van der Waals surface area contributed by atoms with Crippen LogP contribution < -0.4 is 0 Å². The van der Waals surface area contributed by atoms with Gasteiger partial charge in [-0.2, -0.15) is 0 Å². The fourth-order valence-electron chi connectivity index (χ4n) is 3.48. The first-order valence-corrected chi connectivity index (χ1v) is 13.4. The van der Waals surface area contributed by atoms with Gasteiger partial charge in [-0.05, 0) is 47.3 Å². The highest BCUT2D eigenvalue weighted by Gasteiger charge is 2.19. The van der Waals surface area contributed by atoms with Gasteiger partial charge in [-0.1, -0.05) is 83.1 Å². The molecule has 4 atom stereocenters. The summed E-state index contributed by atoms with van der Waals surface area (Å²) < 4.78 is 6.18. The van der Waals surface area contributed by atoms with Gasteiger partial charge in [-0.3, -0.25) is 0 Å². The zero-order chi connectivity index (χ0) is 24.1. The normalized spacial score (nSPS) is 16.8. The Kier molecular flexibility index (Phi) is 16.4. The fourth-order valence-corrected chi connectivity index (χ4v) is 3.48. The zero-order valence-electron chi connectivity index (χ0n) is 23.6. The number of hydrogen-bond donors (Lipinski definition) is 0. The first-order valence-electron chi connectivity index (χ1n) is 13.4. The standard InChI is InChI=1S/C28H60N2O/c1-21(2)25(9)17-29(18-26(10)22(3)4)13-15-31-16-14-30(19-27(11)23(5)6)20-28(12)24(7)8/h21-28H,13-20H2,1-12H3. The van der Waals surface area contributed by atoms with E-state index in [9.17, 15) is 0 Å². The van der Waals surface area contributed by atoms with Crippen LogP contribution >= 0.6 is 0 Å². The lowest BCUT2D eigenvalue weighted by atomic mass is 9.94. The highest BCUT2D eigenvalue weighted by molar-refractivity contribution is 4.71. The van der Waals surface area contributed by atoms with E-state index in [0.29, 0.717) is 0 Å². The van der Waals surface area contributed by atoms with E-state index in [1.807, 2.05) is 0 Å². The molecule has 4 unspecified atom stereocenters. The summed E-state index contributed by atoms with van der Waals surface area (Å²) in [4.78, 5) is 5.30. The molecular weight excluding hydrogens is 380 g/mol. The van der Waals surface area contributed by atoms with Crippen molar-refractivity contribution in [1.29, 1.82) is 0 Å². The summed E-state index contributed by atoms with van der Waals surface area (Å²) in [5.74, 6) is 5.84. The maximum absolute atomic E-state index is 6.18. The molecule has 3 heteroatoms. The lowest BCUT2D eigenvalue weighted by molar-refractivity contribution is 0.0614. The summed E-state index contributed by atoms with van der Waals surface area (Å²) in [6.07, 6.45) is 0. The van der Waals surface area contributed by atoms with Crippen LogP contribution in [0.1, 0.15) is 83.1 Å². The molecule has 0 aromatic carbocycles. The van der Waals surface area contributed by atoms with Crippen LogP contribution in [0.3, 0.4) is 0 Å². The summed E-state index contributed by atoms with van der Waals surface area (Å²) in [7, 11) is 0. The molecule has 0 aliphatic rings. The van der Waals surface area contributed by atoms with Gasteiger partial charge in [0.1, 0.15) is 0 Å². The van der Waals surface area contributed by atoms with Crippen molar-refractivity contribution in [2.24, 2.45) is 47.3 Å². The van der Waals surface area contributed by atoms with Crippen molar-refractivity contribution in [3.05, 3.63) is 0 Å². The van der Waals surface area contributed by atoms with Crippen LogP contribution in [0.15, 0.2) is 0 Å². The molecule has 0 aromatic rings. The molecule has 0 aliphatic carbocycles. The fraction of sp³-hybridized carbons (Fsp3) is 1.00. The monoisotopic (exact) mass is 440 g/mol. The Morgan fingerprint density at radius 1 is 0.419 bits per heavy atom. The molecule has 0 saturated carbocycles. The van der Waals surface area contributed by atoms with Crippen LogP contribution in [-0.2, 0) is 4.74 Å². The van der Waals surface area contributed by atoms with Crippen molar-refractivity contribution in [3.8, 4) is 0 Å². The van der Waals surface area contributed by atoms with E-state index in [2.05, 4.69) is 92.9 Å². The average molecular weight is 441 g/mol. The molecule has 0 N–H and O–H groups in total. The molecule has 0 aliphatic heterocycles. The first kappa shape index (κ1) is 30.9. The second-order valence-electron chi connectivity index (χ2n) is 12.0. The lowest BCUT2D eigenvalue weighted by Crippen LogP contribution is -2.39. The third-order valence-corrected chi connectivity index (χ3v) is 7.84. The van der Waals surface area contributed by atoms with Gasteiger partial charge >= 0.3 is 0 Å². The van der Waals surface area contributed by atoms with Gasteiger partial charge in [0.2, 0.25) is 0 Å². The van der Waals surface area contributed by atoms with E-state index in [1.54, 1.807) is 0 Å². The Morgan fingerprint density at radius 2 is 0.645 bits per heavy atom. The SMILES string of the molecule is CC(C)C(C)CN(CCOCCN(CC(C)C(C)C)CC(C)C(C)C)CC(C)C(C)C. The molecule has 31 heavy (non-hydrogen) atoms. The molecule has 0 bridgehead atoms. The van der Waals surface area contributed by atoms with Gasteiger partial charge < -0.3 is 14.5 Å². The van der Waals surface area contributed by atoms with Gasteiger partial charge in [0.25, 0.3) is 0 Å². The summed E-state index contributed by atoms with van der Waals surface area (Å²) in [5.41, 5.74) is 0. The molecule has 0 saturated heterocycles. The number of rotatable bonds is 18. The van der Waals surface area contributed by atoms with E-state index in [1.165, 1.54) is 26.2 Å². The Balaban J connectivity index is 4.62. The Morgan fingerprint density at radius 3 is 0.839 bits per heavy atom. The van der Waals surface area contributed by atoms with Crippen LogP contribution in [0.25, 0.3) is 0 Å². The van der Waals surface area contributed by atoms with Crippen LogP contribution in [0.2, 0.25) is 0 Å². The van der Waals surface area contributed by atoms with E-state index < -0.39 is 0 Å². The first-order chi connectivity index (χ1) is 14.3. The maximum Gasteiger partial charge on any atom is 0.0594 e. The van der Waals surface area contributed by atoms with Crippen LogP contribution in [0, 0.1) is 47.3 Å². The van der Waals surface area contributed by atoms with E-state index in [0.717, 1.165) is 73.6 Å². The molecule has 0 amide bonds. The predicted octanol–water partition coefficient (Wildman–Crippen LogP) is 6.78. The molecular formula is C28H60N2O. The minimum atomic E-state index is 0.727. The molecule has 3 nitrogen and oxygen atoms in total.